The molecule has 0 atom stereocenters. The number of aromatic hydroxyl groups is 1. The molecule has 0 aliphatic heterocycles. The molecule has 120 valence electrons. The Labute approximate surface area is 132 Å². The highest BCUT2D eigenvalue weighted by Gasteiger charge is 2.25. The van der Waals surface area contributed by atoms with Gasteiger partial charge in [-0.3, -0.25) is 14.2 Å². The molecular formula is C16H16N2O5. The molecule has 0 unspecified atom stereocenters. The molecule has 1 N–H and O–H groups in total. The summed E-state index contributed by atoms with van der Waals surface area (Å²) in [7, 11) is 1.52. The first-order valence-corrected chi connectivity index (χ1v) is 6.96. The number of carbonyl (C=O) groups excluding carboxylic acids is 1. The summed E-state index contributed by atoms with van der Waals surface area (Å²) in [5.74, 6) is -1.03. The third-order valence-corrected chi connectivity index (χ3v) is 3.50. The van der Waals surface area contributed by atoms with Crippen LogP contribution in [0.3, 0.4) is 0 Å². The van der Waals surface area contributed by atoms with Gasteiger partial charge >= 0.3 is 0 Å². The predicted molar refractivity (Wildman–Crippen MR) is 80.5 cm³/mol. The molecule has 2 aromatic rings. The number of furan rings is 1. The Morgan fingerprint density at radius 3 is 2.83 bits per heavy atom. The summed E-state index contributed by atoms with van der Waals surface area (Å²) in [6.07, 6.45) is 1.78. The van der Waals surface area contributed by atoms with Gasteiger partial charge in [-0.1, -0.05) is 0 Å². The summed E-state index contributed by atoms with van der Waals surface area (Å²) < 4.78 is 11.0. The minimum atomic E-state index is -0.630. The number of rotatable bonds is 6. The second-order valence-electron chi connectivity index (χ2n) is 4.92. The summed E-state index contributed by atoms with van der Waals surface area (Å²) in [6, 6.07) is 4.80. The predicted octanol–water partition coefficient (Wildman–Crippen LogP) is 1.59. The molecule has 2 heterocycles. The van der Waals surface area contributed by atoms with E-state index in [2.05, 4.69) is 0 Å². The number of pyridine rings is 1. The highest BCUT2D eigenvalue weighted by Crippen LogP contribution is 2.25. The van der Waals surface area contributed by atoms with Crippen molar-refractivity contribution in [3.63, 3.8) is 0 Å². The molecule has 0 amide bonds. The largest absolute Gasteiger partial charge is 0.494 e. The Morgan fingerprint density at radius 2 is 2.26 bits per heavy atom. The fourth-order valence-corrected chi connectivity index (χ4v) is 2.33. The van der Waals surface area contributed by atoms with Crippen molar-refractivity contribution in [2.24, 2.45) is 0 Å². The van der Waals surface area contributed by atoms with Gasteiger partial charge in [0.15, 0.2) is 5.76 Å². The quantitative estimate of drug-likeness (QED) is 0.641. The zero-order valence-electron chi connectivity index (χ0n) is 12.8. The number of hydrogen-bond donors (Lipinski definition) is 1. The van der Waals surface area contributed by atoms with E-state index in [0.717, 1.165) is 4.57 Å². The maximum Gasteiger partial charge on any atom is 0.271 e. The second kappa shape index (κ2) is 6.94. The molecule has 0 bridgehead atoms. The van der Waals surface area contributed by atoms with E-state index < -0.39 is 17.2 Å². The van der Waals surface area contributed by atoms with Crippen LogP contribution in [0.25, 0.3) is 0 Å². The maximum atomic E-state index is 12.5. The smallest absolute Gasteiger partial charge is 0.271 e. The molecule has 0 aliphatic rings. The molecule has 2 aromatic heterocycles. The van der Waals surface area contributed by atoms with Crippen LogP contribution >= 0.6 is 0 Å². The van der Waals surface area contributed by atoms with E-state index in [-0.39, 0.29) is 29.0 Å². The zero-order valence-corrected chi connectivity index (χ0v) is 12.8. The fourth-order valence-electron chi connectivity index (χ4n) is 2.33. The lowest BCUT2D eigenvalue weighted by Crippen LogP contribution is -2.27. The molecule has 7 heteroatoms. The molecule has 0 radical (unpaired) electrons. The van der Waals surface area contributed by atoms with E-state index in [1.807, 2.05) is 0 Å². The first-order valence-electron chi connectivity index (χ1n) is 6.96. The van der Waals surface area contributed by atoms with Gasteiger partial charge in [0, 0.05) is 20.3 Å². The van der Waals surface area contributed by atoms with Gasteiger partial charge in [-0.15, -0.1) is 0 Å². The topological polar surface area (TPSA) is 105 Å². The van der Waals surface area contributed by atoms with Crippen LogP contribution in [-0.2, 0) is 11.3 Å². The lowest BCUT2D eigenvalue weighted by Gasteiger charge is -2.14. The highest BCUT2D eigenvalue weighted by atomic mass is 16.5. The van der Waals surface area contributed by atoms with Gasteiger partial charge in [-0.05, 0) is 31.0 Å². The average molecular weight is 316 g/mol. The maximum absolute atomic E-state index is 12.5. The summed E-state index contributed by atoms with van der Waals surface area (Å²) >= 11 is 0. The number of ketones is 1. The van der Waals surface area contributed by atoms with Crippen LogP contribution in [0.1, 0.15) is 33.7 Å². The molecule has 0 saturated heterocycles. The Hall–Kier alpha value is -2.85. The Balaban J connectivity index is 2.62. The molecule has 0 fully saturated rings. The van der Waals surface area contributed by atoms with E-state index in [0.29, 0.717) is 13.0 Å². The van der Waals surface area contributed by atoms with Crippen molar-refractivity contribution in [3.05, 3.63) is 51.2 Å². The number of aromatic nitrogens is 1. The number of methoxy groups -OCH3 is 1. The van der Waals surface area contributed by atoms with Crippen LogP contribution in [0, 0.1) is 18.3 Å². The van der Waals surface area contributed by atoms with Gasteiger partial charge in [-0.2, -0.15) is 5.26 Å². The van der Waals surface area contributed by atoms with Crippen LogP contribution < -0.4 is 5.56 Å². The van der Waals surface area contributed by atoms with Gasteiger partial charge in [0.1, 0.15) is 11.6 Å². The molecule has 7 nitrogen and oxygen atoms in total. The van der Waals surface area contributed by atoms with Crippen molar-refractivity contribution in [3.8, 4) is 11.9 Å². The fraction of sp³-hybridized carbons (Fsp3) is 0.312. The minimum absolute atomic E-state index is 0.0226. The van der Waals surface area contributed by atoms with Gasteiger partial charge in [0.05, 0.1) is 11.8 Å². The first kappa shape index (κ1) is 16.5. The summed E-state index contributed by atoms with van der Waals surface area (Å²) in [5, 5.41) is 19.6. The molecule has 0 saturated carbocycles. The van der Waals surface area contributed by atoms with Crippen LogP contribution in [-0.4, -0.2) is 29.2 Å². The molecule has 0 aliphatic carbocycles. The third-order valence-electron chi connectivity index (χ3n) is 3.50. The highest BCUT2D eigenvalue weighted by molar-refractivity contribution is 6.09. The van der Waals surface area contributed by atoms with E-state index in [1.54, 1.807) is 12.1 Å². The molecule has 23 heavy (non-hydrogen) atoms. The standard InChI is InChI=1S/C16H16N2O5/c1-10-11(9-17)15(20)18(6-4-7-22-2)16(21)13(10)14(19)12-5-3-8-23-12/h3,5,8,21H,4,6-7H2,1-2H3. The summed E-state index contributed by atoms with van der Waals surface area (Å²) in [4.78, 5) is 24.8. The van der Waals surface area contributed by atoms with Crippen molar-refractivity contribution in [1.82, 2.24) is 4.57 Å². The average Bonchev–Trinajstić information content (AvgIpc) is 3.05. The van der Waals surface area contributed by atoms with E-state index in [1.165, 1.54) is 26.4 Å². The summed E-state index contributed by atoms with van der Waals surface area (Å²) in [6.45, 7) is 1.96. The number of ether oxygens (including phenoxy) is 1. The van der Waals surface area contributed by atoms with Crippen LogP contribution in [0.4, 0.5) is 0 Å². The number of nitriles is 1. The van der Waals surface area contributed by atoms with Gasteiger partial charge in [-0.25, -0.2) is 0 Å². The van der Waals surface area contributed by atoms with Crippen LogP contribution in [0.2, 0.25) is 0 Å². The van der Waals surface area contributed by atoms with E-state index in [4.69, 9.17) is 9.15 Å². The number of carbonyl (C=O) groups is 1. The normalized spacial score (nSPS) is 10.5. The first-order chi connectivity index (χ1) is 11.0. The van der Waals surface area contributed by atoms with Crippen molar-refractivity contribution in [2.75, 3.05) is 13.7 Å². The van der Waals surface area contributed by atoms with Crippen molar-refractivity contribution in [1.29, 1.82) is 5.26 Å². The molecule has 0 aromatic carbocycles. The Kier molecular flexibility index (Phi) is 4.98. The van der Waals surface area contributed by atoms with E-state index >= 15 is 0 Å². The van der Waals surface area contributed by atoms with Gasteiger partial charge in [0.2, 0.25) is 11.7 Å². The SMILES string of the molecule is COCCCn1c(O)c(C(=O)c2ccco2)c(C)c(C#N)c1=O. The van der Waals surface area contributed by atoms with Gasteiger partial charge in [0.25, 0.3) is 5.56 Å². The molecular weight excluding hydrogens is 300 g/mol. The van der Waals surface area contributed by atoms with Crippen LogP contribution in [0.15, 0.2) is 27.6 Å². The third kappa shape index (κ3) is 3.03. The van der Waals surface area contributed by atoms with Crippen molar-refractivity contribution >= 4 is 5.78 Å². The van der Waals surface area contributed by atoms with Crippen molar-refractivity contribution < 1.29 is 19.1 Å². The lowest BCUT2D eigenvalue weighted by molar-refractivity contribution is 0.100. The summed E-state index contributed by atoms with van der Waals surface area (Å²) in [5.41, 5.74) is -0.766. The number of nitrogens with zero attached hydrogens (tertiary/aromatic N) is 2. The second-order valence-corrected chi connectivity index (χ2v) is 4.92. The van der Waals surface area contributed by atoms with Crippen LogP contribution in [0.5, 0.6) is 5.88 Å². The lowest BCUT2D eigenvalue weighted by atomic mass is 10.0. The van der Waals surface area contributed by atoms with Crippen molar-refractivity contribution in [2.45, 2.75) is 19.9 Å². The van der Waals surface area contributed by atoms with Gasteiger partial charge < -0.3 is 14.3 Å². The monoisotopic (exact) mass is 316 g/mol. The number of hydrogen-bond acceptors (Lipinski definition) is 6. The Bertz CT molecular complexity index is 812. The minimum Gasteiger partial charge on any atom is -0.494 e. The Morgan fingerprint density at radius 1 is 1.52 bits per heavy atom. The molecule has 2 rings (SSSR count). The molecule has 0 spiro atoms. The zero-order chi connectivity index (χ0) is 17.0. The van der Waals surface area contributed by atoms with E-state index in [9.17, 15) is 20.0 Å².